The first-order valence-corrected chi connectivity index (χ1v) is 9.61. The fourth-order valence-corrected chi connectivity index (χ4v) is 3.69. The highest BCUT2D eigenvalue weighted by Crippen LogP contribution is 2.38. The van der Waals surface area contributed by atoms with Crippen LogP contribution in [0.1, 0.15) is 27.0 Å². The Morgan fingerprint density at radius 3 is 2.20 bits per heavy atom. The highest BCUT2D eigenvalue weighted by atomic mass is 35.5. The van der Waals surface area contributed by atoms with Gasteiger partial charge in [0, 0.05) is 20.8 Å². The number of ether oxygens (including phenoxy) is 4. The summed E-state index contributed by atoms with van der Waals surface area (Å²) in [5.74, 6) is -1.92. The van der Waals surface area contributed by atoms with Crippen LogP contribution in [0.25, 0.3) is 11.2 Å². The van der Waals surface area contributed by atoms with Gasteiger partial charge in [-0.3, -0.25) is 19.0 Å². The SMILES string of the molecule is CC(=O)OCC1OC(n2c(Cl)nc3c(Cl)nc(Cl)nc32)C(OC(C)=O)C1OC(C)=O. The Bertz CT molecular complexity index is 1010. The van der Waals surface area contributed by atoms with Gasteiger partial charge in [-0.05, 0) is 23.2 Å². The molecule has 2 aromatic heterocycles. The Morgan fingerprint density at radius 1 is 0.967 bits per heavy atom. The van der Waals surface area contributed by atoms with Crippen molar-refractivity contribution in [3.05, 3.63) is 15.7 Å². The molecule has 11 nitrogen and oxygen atoms in total. The van der Waals surface area contributed by atoms with Crippen LogP contribution >= 0.6 is 34.8 Å². The normalized spacial score (nSPS) is 23.4. The van der Waals surface area contributed by atoms with Crippen LogP contribution in [0.15, 0.2) is 0 Å². The molecule has 0 spiro atoms. The minimum Gasteiger partial charge on any atom is -0.463 e. The zero-order valence-corrected chi connectivity index (χ0v) is 18.1. The van der Waals surface area contributed by atoms with E-state index in [2.05, 4.69) is 15.0 Å². The Hall–Kier alpha value is -2.21. The first-order chi connectivity index (χ1) is 14.1. The van der Waals surface area contributed by atoms with Crippen LogP contribution in [0.5, 0.6) is 0 Å². The molecule has 0 amide bonds. The van der Waals surface area contributed by atoms with Gasteiger partial charge in [0.15, 0.2) is 29.2 Å². The van der Waals surface area contributed by atoms with Gasteiger partial charge in [-0.1, -0.05) is 11.6 Å². The minimum absolute atomic E-state index is 0.0549. The number of rotatable bonds is 5. The monoisotopic (exact) mass is 480 g/mol. The van der Waals surface area contributed by atoms with E-state index in [1.807, 2.05) is 0 Å². The second kappa shape index (κ2) is 8.88. The van der Waals surface area contributed by atoms with Crippen molar-refractivity contribution >= 4 is 63.9 Å². The third kappa shape index (κ3) is 4.59. The van der Waals surface area contributed by atoms with Crippen molar-refractivity contribution in [1.29, 1.82) is 0 Å². The highest BCUT2D eigenvalue weighted by Gasteiger charge is 2.51. The summed E-state index contributed by atoms with van der Waals surface area (Å²) < 4.78 is 22.8. The molecule has 4 atom stereocenters. The van der Waals surface area contributed by atoms with Crippen molar-refractivity contribution in [1.82, 2.24) is 19.5 Å². The number of fused-ring (bicyclic) bond motifs is 1. The number of imidazole rings is 1. The van der Waals surface area contributed by atoms with E-state index in [-0.39, 0.29) is 33.5 Å². The van der Waals surface area contributed by atoms with Crippen molar-refractivity contribution in [3.63, 3.8) is 0 Å². The van der Waals surface area contributed by atoms with Crippen LogP contribution in [0, 0.1) is 0 Å². The van der Waals surface area contributed by atoms with E-state index in [0.29, 0.717) is 0 Å². The fraction of sp³-hybridized carbons (Fsp3) is 0.500. The largest absolute Gasteiger partial charge is 0.463 e. The molecule has 0 saturated carbocycles. The lowest BCUT2D eigenvalue weighted by Crippen LogP contribution is -2.40. The van der Waals surface area contributed by atoms with E-state index in [4.69, 9.17) is 53.8 Å². The number of halogens is 3. The topological polar surface area (TPSA) is 132 Å². The third-order valence-corrected chi connectivity index (χ3v) is 4.72. The summed E-state index contributed by atoms with van der Waals surface area (Å²) in [7, 11) is 0. The molecular weight excluding hydrogens is 467 g/mol. The zero-order valence-electron chi connectivity index (χ0n) is 15.8. The molecule has 1 aliphatic rings. The lowest BCUT2D eigenvalue weighted by molar-refractivity contribution is -0.166. The number of aromatic nitrogens is 4. The summed E-state index contributed by atoms with van der Waals surface area (Å²) in [6.45, 7) is 3.28. The quantitative estimate of drug-likeness (QED) is 0.206. The van der Waals surface area contributed by atoms with Crippen molar-refractivity contribution in [2.24, 2.45) is 0 Å². The second-order valence-electron chi connectivity index (χ2n) is 6.22. The van der Waals surface area contributed by atoms with Gasteiger partial charge in [-0.2, -0.15) is 4.98 Å². The molecule has 2 aromatic rings. The summed E-state index contributed by atoms with van der Waals surface area (Å²) >= 11 is 18.2. The minimum atomic E-state index is -1.17. The predicted molar refractivity (Wildman–Crippen MR) is 102 cm³/mol. The van der Waals surface area contributed by atoms with Crippen molar-refractivity contribution in [2.75, 3.05) is 6.61 Å². The Morgan fingerprint density at radius 2 is 1.60 bits per heavy atom. The Kier molecular flexibility index (Phi) is 6.65. The van der Waals surface area contributed by atoms with E-state index in [0.717, 1.165) is 0 Å². The smallest absolute Gasteiger partial charge is 0.303 e. The van der Waals surface area contributed by atoms with E-state index in [1.54, 1.807) is 0 Å². The third-order valence-electron chi connectivity index (χ3n) is 4.02. The first kappa shape index (κ1) is 22.5. The Balaban J connectivity index is 2.10. The van der Waals surface area contributed by atoms with Crippen LogP contribution in [0.2, 0.25) is 15.7 Å². The molecule has 1 aliphatic heterocycles. The molecule has 1 saturated heterocycles. The van der Waals surface area contributed by atoms with Crippen LogP contribution < -0.4 is 0 Å². The summed E-state index contributed by atoms with van der Waals surface area (Å²) in [5.41, 5.74) is 0.227. The fourth-order valence-electron chi connectivity index (χ4n) is 3.02. The molecule has 1 fully saturated rings. The predicted octanol–water partition coefficient (Wildman–Crippen LogP) is 2.11. The van der Waals surface area contributed by atoms with Crippen LogP contribution in [0.4, 0.5) is 0 Å². The molecule has 30 heavy (non-hydrogen) atoms. The summed E-state index contributed by atoms with van der Waals surface area (Å²) in [4.78, 5) is 46.6. The summed E-state index contributed by atoms with van der Waals surface area (Å²) in [6, 6.07) is 0. The number of hydrogen-bond acceptors (Lipinski definition) is 10. The highest BCUT2D eigenvalue weighted by molar-refractivity contribution is 6.36. The van der Waals surface area contributed by atoms with Crippen LogP contribution in [0.3, 0.4) is 0 Å². The number of nitrogens with zero attached hydrogens (tertiary/aromatic N) is 4. The molecule has 0 bridgehead atoms. The van der Waals surface area contributed by atoms with E-state index < -0.39 is 42.4 Å². The van der Waals surface area contributed by atoms with Crippen LogP contribution in [-0.2, 0) is 33.3 Å². The molecule has 14 heteroatoms. The van der Waals surface area contributed by atoms with Crippen molar-refractivity contribution in [2.45, 2.75) is 45.3 Å². The average molecular weight is 482 g/mol. The van der Waals surface area contributed by atoms with Gasteiger partial charge in [0.2, 0.25) is 10.6 Å². The average Bonchev–Trinajstić information content (AvgIpc) is 3.10. The number of hydrogen-bond donors (Lipinski definition) is 0. The first-order valence-electron chi connectivity index (χ1n) is 8.48. The molecule has 162 valence electrons. The molecule has 3 rings (SSSR count). The number of esters is 3. The lowest BCUT2D eigenvalue weighted by Gasteiger charge is -2.24. The van der Waals surface area contributed by atoms with Gasteiger partial charge in [-0.15, -0.1) is 0 Å². The van der Waals surface area contributed by atoms with Crippen LogP contribution in [-0.4, -0.2) is 62.3 Å². The van der Waals surface area contributed by atoms with Gasteiger partial charge >= 0.3 is 17.9 Å². The molecule has 3 heterocycles. The maximum Gasteiger partial charge on any atom is 0.303 e. The van der Waals surface area contributed by atoms with Gasteiger partial charge in [0.1, 0.15) is 18.2 Å². The van der Waals surface area contributed by atoms with Gasteiger partial charge < -0.3 is 18.9 Å². The van der Waals surface area contributed by atoms with Crippen molar-refractivity contribution < 1.29 is 33.3 Å². The standard InChI is InChI=1S/C16H15Cl3N4O7/c1-5(24)27-4-8-10(28-6(2)25)11(29-7(3)26)14(30-8)23-13-9(20-16(23)19)12(17)21-15(18)22-13/h8,10-11,14H,4H2,1-3H3. The van der Waals surface area contributed by atoms with Gasteiger partial charge in [-0.25, -0.2) is 9.97 Å². The summed E-state index contributed by atoms with van der Waals surface area (Å²) in [5, 5.41) is -0.360. The Labute approximate surface area is 184 Å². The molecular formula is C16H15Cl3N4O7. The second-order valence-corrected chi connectivity index (χ2v) is 7.26. The zero-order chi connectivity index (χ0) is 22.2. The van der Waals surface area contributed by atoms with E-state index in [1.165, 1.54) is 25.3 Å². The lowest BCUT2D eigenvalue weighted by atomic mass is 10.1. The molecule has 0 N–H and O–H groups in total. The van der Waals surface area contributed by atoms with Crippen molar-refractivity contribution in [3.8, 4) is 0 Å². The summed E-state index contributed by atoms with van der Waals surface area (Å²) in [6.07, 6.45) is -4.42. The number of carbonyl (C=O) groups excluding carboxylic acids is 3. The van der Waals surface area contributed by atoms with E-state index in [9.17, 15) is 14.4 Å². The maximum absolute atomic E-state index is 11.7. The van der Waals surface area contributed by atoms with Gasteiger partial charge in [0.05, 0.1) is 0 Å². The van der Waals surface area contributed by atoms with Gasteiger partial charge in [0.25, 0.3) is 0 Å². The van der Waals surface area contributed by atoms with E-state index >= 15 is 0 Å². The molecule has 4 unspecified atom stereocenters. The number of carbonyl (C=O) groups is 3. The molecule has 0 aliphatic carbocycles. The molecule has 0 aromatic carbocycles. The maximum atomic E-state index is 11.7. The molecule has 0 radical (unpaired) electrons.